The molecule has 2 aliphatic rings. The molecule has 2 N–H and O–H groups in total. The number of hydrogen-bond acceptors (Lipinski definition) is 6. The number of nitrogen functional groups attached to an aromatic ring is 1. The molecule has 1 atom stereocenters. The summed E-state index contributed by atoms with van der Waals surface area (Å²) < 4.78 is 8.35. The van der Waals surface area contributed by atoms with Gasteiger partial charge in [0.1, 0.15) is 29.3 Å². The SMILES string of the molecule is CN(C)[C@H]1CCN([C@H]2CC[C@H](n3cc(-c4ccc(Oc5ccccc5)cc4)c4c(N)ncnc43)CC2)C1. The number of para-hydroxylation sites is 1. The molecule has 0 radical (unpaired) electrons. The second-order valence-corrected chi connectivity index (χ2v) is 10.7. The number of rotatable bonds is 6. The number of hydrogen-bond donors (Lipinski definition) is 1. The highest BCUT2D eigenvalue weighted by molar-refractivity contribution is 6.00. The van der Waals surface area contributed by atoms with E-state index in [1.54, 1.807) is 6.33 Å². The maximum atomic E-state index is 6.41. The summed E-state index contributed by atoms with van der Waals surface area (Å²) in [5.74, 6) is 2.16. The van der Waals surface area contributed by atoms with Crippen molar-refractivity contribution < 1.29 is 4.74 Å². The van der Waals surface area contributed by atoms with Crippen LogP contribution in [0.25, 0.3) is 22.2 Å². The number of nitrogens with zero attached hydrogens (tertiary/aromatic N) is 5. The van der Waals surface area contributed by atoms with E-state index >= 15 is 0 Å². The van der Waals surface area contributed by atoms with Gasteiger partial charge in [0, 0.05) is 43.0 Å². The number of nitrogens with two attached hydrogens (primary N) is 1. The first-order chi connectivity index (χ1) is 18.1. The molecule has 7 heteroatoms. The highest BCUT2D eigenvalue weighted by Gasteiger charge is 2.33. The Bertz CT molecular complexity index is 1340. The Labute approximate surface area is 218 Å². The maximum Gasteiger partial charge on any atom is 0.146 e. The minimum absolute atomic E-state index is 0.426. The average molecular weight is 497 g/mol. The third-order valence-electron chi connectivity index (χ3n) is 8.28. The van der Waals surface area contributed by atoms with Gasteiger partial charge in [0.25, 0.3) is 0 Å². The van der Waals surface area contributed by atoms with E-state index in [1.165, 1.54) is 32.4 Å². The van der Waals surface area contributed by atoms with Gasteiger partial charge in [-0.3, -0.25) is 4.90 Å². The normalized spacial score (nSPS) is 22.6. The summed E-state index contributed by atoms with van der Waals surface area (Å²) in [4.78, 5) is 14.1. The fourth-order valence-electron chi connectivity index (χ4n) is 6.16. The van der Waals surface area contributed by atoms with Crippen LogP contribution in [0.1, 0.15) is 38.1 Å². The average Bonchev–Trinajstić information content (AvgIpc) is 3.57. The predicted molar refractivity (Wildman–Crippen MR) is 149 cm³/mol. The topological polar surface area (TPSA) is 72.4 Å². The van der Waals surface area contributed by atoms with Crippen molar-refractivity contribution in [2.45, 2.75) is 50.2 Å². The Hall–Kier alpha value is -3.42. The van der Waals surface area contributed by atoms with Gasteiger partial charge in [-0.25, -0.2) is 9.97 Å². The molecule has 192 valence electrons. The molecule has 1 aliphatic carbocycles. The molecule has 4 aromatic rings. The lowest BCUT2D eigenvalue weighted by Crippen LogP contribution is -2.39. The van der Waals surface area contributed by atoms with E-state index < -0.39 is 0 Å². The van der Waals surface area contributed by atoms with Gasteiger partial charge in [-0.15, -0.1) is 0 Å². The summed E-state index contributed by atoms with van der Waals surface area (Å²) in [5, 5.41) is 0.940. The van der Waals surface area contributed by atoms with Crippen LogP contribution in [0.3, 0.4) is 0 Å². The van der Waals surface area contributed by atoms with Crippen LogP contribution in [0.4, 0.5) is 5.82 Å². The molecular weight excluding hydrogens is 460 g/mol. The van der Waals surface area contributed by atoms with E-state index in [0.29, 0.717) is 23.9 Å². The van der Waals surface area contributed by atoms with Crippen molar-refractivity contribution in [2.75, 3.05) is 32.9 Å². The molecule has 0 unspecified atom stereocenters. The Kier molecular flexibility index (Phi) is 6.57. The van der Waals surface area contributed by atoms with Crippen LogP contribution < -0.4 is 10.5 Å². The van der Waals surface area contributed by atoms with Crippen LogP contribution >= 0.6 is 0 Å². The molecule has 2 aromatic heterocycles. The van der Waals surface area contributed by atoms with Gasteiger partial charge in [0.15, 0.2) is 0 Å². The van der Waals surface area contributed by atoms with E-state index in [0.717, 1.165) is 46.5 Å². The maximum absolute atomic E-state index is 6.41. The van der Waals surface area contributed by atoms with E-state index in [4.69, 9.17) is 15.5 Å². The Morgan fingerprint density at radius 2 is 1.57 bits per heavy atom. The van der Waals surface area contributed by atoms with Crippen molar-refractivity contribution in [1.82, 2.24) is 24.3 Å². The van der Waals surface area contributed by atoms with Crippen LogP contribution in [0, 0.1) is 0 Å². The fourth-order valence-corrected chi connectivity index (χ4v) is 6.16. The standard InChI is InChI=1S/C30H36N6O/c1-34(2)24-16-17-35(18-24)22-10-12-23(13-11-22)36-19-27(28-29(31)32-20-33-30(28)36)21-8-14-26(15-9-21)37-25-6-4-3-5-7-25/h3-9,14-15,19-20,22-24H,10-13,16-18H2,1-2H3,(H2,31,32,33)/t22-,23-,24-/m0/s1. The van der Waals surface area contributed by atoms with Crippen LogP contribution in [-0.4, -0.2) is 63.6 Å². The molecule has 3 heterocycles. The van der Waals surface area contributed by atoms with Crippen LogP contribution in [-0.2, 0) is 0 Å². The largest absolute Gasteiger partial charge is 0.457 e. The quantitative estimate of drug-likeness (QED) is 0.375. The van der Waals surface area contributed by atoms with Gasteiger partial charge < -0.3 is 19.9 Å². The van der Waals surface area contributed by atoms with Crippen molar-refractivity contribution in [1.29, 1.82) is 0 Å². The summed E-state index contributed by atoms with van der Waals surface area (Å²) in [5.41, 5.74) is 9.51. The number of anilines is 1. The highest BCUT2D eigenvalue weighted by atomic mass is 16.5. The molecule has 1 aliphatic heterocycles. The lowest BCUT2D eigenvalue weighted by molar-refractivity contribution is 0.156. The van der Waals surface area contributed by atoms with Crippen molar-refractivity contribution in [3.05, 3.63) is 67.1 Å². The zero-order valence-electron chi connectivity index (χ0n) is 21.8. The number of likely N-dealkylation sites (tertiary alicyclic amines) is 1. The summed E-state index contributed by atoms with van der Waals surface area (Å²) in [6.45, 7) is 2.43. The van der Waals surface area contributed by atoms with Gasteiger partial charge >= 0.3 is 0 Å². The third-order valence-corrected chi connectivity index (χ3v) is 8.28. The molecule has 0 amide bonds. The van der Waals surface area contributed by atoms with E-state index in [1.807, 2.05) is 42.5 Å². The van der Waals surface area contributed by atoms with Gasteiger partial charge in [-0.05, 0) is 76.0 Å². The summed E-state index contributed by atoms with van der Waals surface area (Å²) >= 11 is 0. The first-order valence-electron chi connectivity index (χ1n) is 13.4. The number of likely N-dealkylation sites (N-methyl/N-ethyl adjacent to an activating group) is 1. The monoisotopic (exact) mass is 496 g/mol. The molecule has 2 aromatic carbocycles. The minimum Gasteiger partial charge on any atom is -0.457 e. The minimum atomic E-state index is 0.426. The molecule has 37 heavy (non-hydrogen) atoms. The Balaban J connectivity index is 1.22. The van der Waals surface area contributed by atoms with E-state index in [2.05, 4.69) is 51.8 Å². The summed E-state index contributed by atoms with van der Waals surface area (Å²) in [7, 11) is 4.41. The zero-order valence-corrected chi connectivity index (χ0v) is 21.8. The Morgan fingerprint density at radius 1 is 0.865 bits per heavy atom. The van der Waals surface area contributed by atoms with Gasteiger partial charge in [0.05, 0.1) is 5.39 Å². The zero-order chi connectivity index (χ0) is 25.4. The van der Waals surface area contributed by atoms with Gasteiger partial charge in [-0.2, -0.15) is 0 Å². The highest BCUT2D eigenvalue weighted by Crippen LogP contribution is 2.39. The van der Waals surface area contributed by atoms with Crippen LogP contribution in [0.2, 0.25) is 0 Å². The second kappa shape index (κ2) is 10.1. The summed E-state index contributed by atoms with van der Waals surface area (Å²) in [6.07, 6.45) is 9.88. The number of ether oxygens (including phenoxy) is 1. The van der Waals surface area contributed by atoms with E-state index in [-0.39, 0.29) is 0 Å². The van der Waals surface area contributed by atoms with Crippen LogP contribution in [0.5, 0.6) is 11.5 Å². The Morgan fingerprint density at radius 3 is 2.27 bits per heavy atom. The first-order valence-corrected chi connectivity index (χ1v) is 13.4. The van der Waals surface area contributed by atoms with Crippen molar-refractivity contribution in [3.8, 4) is 22.6 Å². The molecule has 7 nitrogen and oxygen atoms in total. The lowest BCUT2D eigenvalue weighted by Gasteiger charge is -2.35. The fraction of sp³-hybridized carbons (Fsp3) is 0.400. The van der Waals surface area contributed by atoms with Crippen molar-refractivity contribution >= 4 is 16.9 Å². The number of fused-ring (bicyclic) bond motifs is 1. The number of benzene rings is 2. The molecule has 1 saturated heterocycles. The predicted octanol–water partition coefficient (Wildman–Crippen LogP) is 5.59. The van der Waals surface area contributed by atoms with Crippen molar-refractivity contribution in [3.63, 3.8) is 0 Å². The molecule has 2 fully saturated rings. The van der Waals surface area contributed by atoms with Crippen molar-refractivity contribution in [2.24, 2.45) is 0 Å². The molecular formula is C30H36N6O. The molecule has 6 rings (SSSR count). The number of aromatic nitrogens is 3. The lowest BCUT2D eigenvalue weighted by atomic mass is 9.90. The second-order valence-electron chi connectivity index (χ2n) is 10.7. The third kappa shape index (κ3) is 4.81. The molecule has 0 bridgehead atoms. The first kappa shape index (κ1) is 23.9. The van der Waals surface area contributed by atoms with Gasteiger partial charge in [-0.1, -0.05) is 30.3 Å². The molecule has 0 spiro atoms. The van der Waals surface area contributed by atoms with E-state index in [9.17, 15) is 0 Å². The van der Waals surface area contributed by atoms with Crippen LogP contribution in [0.15, 0.2) is 67.1 Å². The smallest absolute Gasteiger partial charge is 0.146 e. The summed E-state index contributed by atoms with van der Waals surface area (Å²) in [6, 6.07) is 19.9. The van der Waals surface area contributed by atoms with Gasteiger partial charge in [0.2, 0.25) is 0 Å². The molecule has 1 saturated carbocycles.